The number of hydrogen-bond acceptors (Lipinski definition) is 2. The lowest BCUT2D eigenvalue weighted by Gasteiger charge is -2.06. The van der Waals surface area contributed by atoms with Crippen LogP contribution >= 0.6 is 0 Å². The third-order valence-electron chi connectivity index (χ3n) is 3.39. The van der Waals surface area contributed by atoms with Crippen molar-refractivity contribution < 1.29 is 4.42 Å². The molecule has 0 fully saturated rings. The lowest BCUT2D eigenvalue weighted by Crippen LogP contribution is -2.00. The smallest absolute Gasteiger partial charge is 0.193 e. The maximum absolute atomic E-state index is 12.2. The molecule has 0 unspecified atom stereocenters. The van der Waals surface area contributed by atoms with E-state index in [0.717, 1.165) is 22.3 Å². The normalized spacial score (nSPS) is 10.9. The van der Waals surface area contributed by atoms with Crippen LogP contribution in [0.4, 0.5) is 0 Å². The Morgan fingerprint density at radius 3 is 2.20 bits per heavy atom. The maximum atomic E-state index is 12.2. The molecule has 20 heavy (non-hydrogen) atoms. The van der Waals surface area contributed by atoms with E-state index in [9.17, 15) is 4.79 Å². The quantitative estimate of drug-likeness (QED) is 0.652. The predicted molar refractivity (Wildman–Crippen MR) is 82.1 cm³/mol. The summed E-state index contributed by atoms with van der Waals surface area (Å²) >= 11 is 0. The Bertz CT molecular complexity index is 837. The van der Waals surface area contributed by atoms with Crippen molar-refractivity contribution >= 4 is 11.0 Å². The van der Waals surface area contributed by atoms with Crippen molar-refractivity contribution in [2.75, 3.05) is 0 Å². The number of hydrogen-bond donors (Lipinski definition) is 0. The second kappa shape index (κ2) is 4.64. The van der Waals surface area contributed by atoms with Gasteiger partial charge in [0.15, 0.2) is 5.43 Å². The minimum Gasteiger partial charge on any atom is -0.456 e. The Kier molecular flexibility index (Phi) is 2.94. The Balaban J connectivity index is 2.27. The zero-order valence-corrected chi connectivity index (χ0v) is 11.9. The summed E-state index contributed by atoms with van der Waals surface area (Å²) < 4.78 is 5.89. The molecule has 0 radical (unpaired) electrons. The molecule has 100 valence electrons. The average molecular weight is 264 g/mol. The zero-order chi connectivity index (χ0) is 14.3. The lowest BCUT2D eigenvalue weighted by atomic mass is 10.0. The van der Waals surface area contributed by atoms with Gasteiger partial charge in [-0.1, -0.05) is 28.8 Å². The Morgan fingerprint density at radius 2 is 1.50 bits per heavy atom. The van der Waals surface area contributed by atoms with Crippen molar-refractivity contribution in [1.29, 1.82) is 0 Å². The van der Waals surface area contributed by atoms with Crippen molar-refractivity contribution in [3.63, 3.8) is 0 Å². The van der Waals surface area contributed by atoms with Crippen molar-refractivity contribution in [1.82, 2.24) is 0 Å². The van der Waals surface area contributed by atoms with Crippen LogP contribution in [0.3, 0.4) is 0 Å². The largest absolute Gasteiger partial charge is 0.456 e. The van der Waals surface area contributed by atoms with Crippen molar-refractivity contribution in [2.45, 2.75) is 20.8 Å². The molecule has 1 heterocycles. The van der Waals surface area contributed by atoms with E-state index in [-0.39, 0.29) is 5.43 Å². The van der Waals surface area contributed by atoms with Gasteiger partial charge in [-0.05, 0) is 45.0 Å². The fourth-order valence-corrected chi connectivity index (χ4v) is 2.53. The third-order valence-corrected chi connectivity index (χ3v) is 3.39. The highest BCUT2D eigenvalue weighted by Gasteiger charge is 2.08. The summed E-state index contributed by atoms with van der Waals surface area (Å²) in [6.45, 7) is 6.05. The summed E-state index contributed by atoms with van der Waals surface area (Å²) in [6.07, 6.45) is 0. The first-order chi connectivity index (χ1) is 9.52. The first-order valence-corrected chi connectivity index (χ1v) is 6.66. The van der Waals surface area contributed by atoms with Gasteiger partial charge in [-0.25, -0.2) is 0 Å². The molecule has 0 aliphatic carbocycles. The molecule has 3 aromatic rings. The minimum atomic E-state index is 0.00380. The first-order valence-electron chi connectivity index (χ1n) is 6.66. The van der Waals surface area contributed by atoms with Gasteiger partial charge < -0.3 is 4.42 Å². The van der Waals surface area contributed by atoms with E-state index in [1.807, 2.05) is 51.1 Å². The third kappa shape index (κ3) is 2.25. The van der Waals surface area contributed by atoms with Gasteiger partial charge in [0.1, 0.15) is 11.3 Å². The topological polar surface area (TPSA) is 30.2 Å². The van der Waals surface area contributed by atoms with Crippen LogP contribution in [0.15, 0.2) is 51.7 Å². The molecule has 2 aromatic carbocycles. The highest BCUT2D eigenvalue weighted by Crippen LogP contribution is 2.24. The lowest BCUT2D eigenvalue weighted by molar-refractivity contribution is 0.618. The Labute approximate surface area is 117 Å². The van der Waals surface area contributed by atoms with E-state index in [1.54, 1.807) is 6.07 Å². The van der Waals surface area contributed by atoms with E-state index >= 15 is 0 Å². The van der Waals surface area contributed by atoms with Gasteiger partial charge in [0.25, 0.3) is 0 Å². The molecule has 1 aromatic heterocycles. The second-order valence-corrected chi connectivity index (χ2v) is 5.35. The highest BCUT2D eigenvalue weighted by molar-refractivity contribution is 5.79. The summed E-state index contributed by atoms with van der Waals surface area (Å²) in [5.74, 6) is 0.623. The Hall–Kier alpha value is -2.35. The summed E-state index contributed by atoms with van der Waals surface area (Å²) in [5.41, 5.74) is 4.96. The van der Waals surface area contributed by atoms with Crippen LogP contribution in [-0.2, 0) is 0 Å². The molecule has 0 spiro atoms. The van der Waals surface area contributed by atoms with Crippen molar-refractivity contribution in [3.05, 3.63) is 69.4 Å². The predicted octanol–water partition coefficient (Wildman–Crippen LogP) is 4.39. The second-order valence-electron chi connectivity index (χ2n) is 5.35. The van der Waals surface area contributed by atoms with Crippen LogP contribution in [0.25, 0.3) is 22.3 Å². The molecule has 0 saturated carbocycles. The number of rotatable bonds is 1. The minimum absolute atomic E-state index is 0.00380. The van der Waals surface area contributed by atoms with Crippen LogP contribution in [0.1, 0.15) is 16.7 Å². The molecule has 0 aliphatic rings. The summed E-state index contributed by atoms with van der Waals surface area (Å²) in [6, 6.07) is 13.4. The van der Waals surface area contributed by atoms with E-state index in [1.165, 1.54) is 0 Å². The number of fused-ring (bicyclic) bond motifs is 1. The van der Waals surface area contributed by atoms with Crippen molar-refractivity contribution in [3.8, 4) is 11.3 Å². The van der Waals surface area contributed by atoms with Crippen LogP contribution in [0.5, 0.6) is 0 Å². The molecule has 0 atom stereocenters. The van der Waals surface area contributed by atoms with Gasteiger partial charge >= 0.3 is 0 Å². The number of benzene rings is 2. The maximum Gasteiger partial charge on any atom is 0.193 e. The summed E-state index contributed by atoms with van der Waals surface area (Å²) in [5, 5.41) is 0.637. The molecule has 0 amide bonds. The van der Waals surface area contributed by atoms with E-state index in [0.29, 0.717) is 16.7 Å². The van der Waals surface area contributed by atoms with Gasteiger partial charge in [0.05, 0.1) is 5.39 Å². The van der Waals surface area contributed by atoms with Crippen LogP contribution in [0, 0.1) is 20.8 Å². The number of aryl methyl sites for hydroxylation is 3. The molecule has 3 rings (SSSR count). The van der Waals surface area contributed by atoms with Crippen LogP contribution < -0.4 is 5.43 Å². The van der Waals surface area contributed by atoms with Gasteiger partial charge in [0, 0.05) is 11.6 Å². The van der Waals surface area contributed by atoms with Gasteiger partial charge in [0.2, 0.25) is 0 Å². The fourth-order valence-electron chi connectivity index (χ4n) is 2.53. The van der Waals surface area contributed by atoms with Gasteiger partial charge in [-0.3, -0.25) is 4.79 Å². The molecule has 2 nitrogen and oxygen atoms in total. The fraction of sp³-hybridized carbons (Fsp3) is 0.167. The van der Waals surface area contributed by atoms with E-state index in [4.69, 9.17) is 4.42 Å². The Morgan fingerprint density at radius 1 is 0.800 bits per heavy atom. The first kappa shape index (κ1) is 12.7. The molecule has 0 N–H and O–H groups in total. The van der Waals surface area contributed by atoms with E-state index in [2.05, 4.69) is 6.07 Å². The van der Waals surface area contributed by atoms with Crippen molar-refractivity contribution in [2.24, 2.45) is 0 Å². The average Bonchev–Trinajstić information content (AvgIpc) is 2.38. The molecule has 2 heteroatoms. The highest BCUT2D eigenvalue weighted by atomic mass is 16.3. The van der Waals surface area contributed by atoms with E-state index < -0.39 is 0 Å². The summed E-state index contributed by atoms with van der Waals surface area (Å²) in [7, 11) is 0. The zero-order valence-electron chi connectivity index (χ0n) is 11.9. The van der Waals surface area contributed by atoms with Crippen LogP contribution in [-0.4, -0.2) is 0 Å². The molecule has 0 aliphatic heterocycles. The van der Waals surface area contributed by atoms with Crippen LogP contribution in [0.2, 0.25) is 0 Å². The molecular formula is C18H16O2. The SMILES string of the molecule is Cc1cc(C)cc(-c2cc(=O)c3cc(C)ccc3o2)c1. The monoisotopic (exact) mass is 264 g/mol. The molecule has 0 bridgehead atoms. The molecular weight excluding hydrogens is 248 g/mol. The molecule has 0 saturated heterocycles. The standard InChI is InChI=1S/C18H16O2/c1-11-4-5-17-15(9-11)16(19)10-18(20-17)14-7-12(2)6-13(3)8-14/h4-10H,1-3H3. The van der Waals surface area contributed by atoms with Gasteiger partial charge in [-0.2, -0.15) is 0 Å². The summed E-state index contributed by atoms with van der Waals surface area (Å²) in [4.78, 5) is 12.2. The van der Waals surface area contributed by atoms with Gasteiger partial charge in [-0.15, -0.1) is 0 Å².